The van der Waals surface area contributed by atoms with E-state index in [2.05, 4.69) is 15.2 Å². The Morgan fingerprint density at radius 2 is 1.90 bits per heavy atom. The van der Waals surface area contributed by atoms with Crippen LogP contribution >= 0.6 is 0 Å². The highest BCUT2D eigenvalue weighted by Crippen LogP contribution is 2.26. The van der Waals surface area contributed by atoms with E-state index in [1.807, 2.05) is 0 Å². The third kappa shape index (κ3) is 1.92. The summed E-state index contributed by atoms with van der Waals surface area (Å²) in [6.07, 6.45) is 0. The first kappa shape index (κ1) is 12.9. The Labute approximate surface area is 116 Å². The summed E-state index contributed by atoms with van der Waals surface area (Å²) in [4.78, 5) is 31.9. The van der Waals surface area contributed by atoms with Gasteiger partial charge in [0.05, 0.1) is 19.8 Å². The number of aromatic nitrogens is 2. The second-order valence-corrected chi connectivity index (χ2v) is 4.88. The SMILES string of the molecule is CN1C(=O)CNC(=O)c2c1nc(N1CCOCC1)n2C. The molecule has 0 aliphatic carbocycles. The molecule has 3 rings (SSSR count). The van der Waals surface area contributed by atoms with E-state index in [4.69, 9.17) is 4.74 Å². The summed E-state index contributed by atoms with van der Waals surface area (Å²) in [6, 6.07) is 0. The largest absolute Gasteiger partial charge is 0.378 e. The lowest BCUT2D eigenvalue weighted by Crippen LogP contribution is -2.38. The smallest absolute Gasteiger partial charge is 0.272 e. The van der Waals surface area contributed by atoms with Gasteiger partial charge in [-0.3, -0.25) is 14.5 Å². The minimum Gasteiger partial charge on any atom is -0.378 e. The normalized spacial score (nSPS) is 19.7. The molecule has 1 aromatic rings. The predicted molar refractivity (Wildman–Crippen MR) is 72.0 cm³/mol. The summed E-state index contributed by atoms with van der Waals surface area (Å²) < 4.78 is 7.06. The Kier molecular flexibility index (Phi) is 3.09. The van der Waals surface area contributed by atoms with Crippen LogP contribution in [-0.4, -0.2) is 61.3 Å². The van der Waals surface area contributed by atoms with Gasteiger partial charge in [-0.2, -0.15) is 4.98 Å². The molecule has 1 fully saturated rings. The van der Waals surface area contributed by atoms with Gasteiger partial charge in [0, 0.05) is 27.2 Å². The zero-order valence-corrected chi connectivity index (χ0v) is 11.5. The molecule has 0 atom stereocenters. The van der Waals surface area contributed by atoms with E-state index in [0.717, 1.165) is 13.1 Å². The molecule has 108 valence electrons. The highest BCUT2D eigenvalue weighted by Gasteiger charge is 2.31. The van der Waals surface area contributed by atoms with Crippen LogP contribution in [0.15, 0.2) is 0 Å². The molecule has 2 aliphatic rings. The van der Waals surface area contributed by atoms with Crippen LogP contribution in [0.2, 0.25) is 0 Å². The topological polar surface area (TPSA) is 79.7 Å². The molecule has 0 saturated carbocycles. The first-order chi connectivity index (χ1) is 9.59. The number of morpholine rings is 1. The van der Waals surface area contributed by atoms with Gasteiger partial charge in [-0.25, -0.2) is 0 Å². The lowest BCUT2D eigenvalue weighted by molar-refractivity contribution is -0.117. The Hall–Kier alpha value is -2.09. The van der Waals surface area contributed by atoms with Gasteiger partial charge in [-0.1, -0.05) is 0 Å². The Morgan fingerprint density at radius 3 is 2.60 bits per heavy atom. The van der Waals surface area contributed by atoms with Crippen molar-refractivity contribution in [3.05, 3.63) is 5.69 Å². The van der Waals surface area contributed by atoms with Crippen LogP contribution in [0.1, 0.15) is 10.5 Å². The number of ether oxygens (including phenoxy) is 1. The number of imidazole rings is 1. The first-order valence-corrected chi connectivity index (χ1v) is 6.53. The number of anilines is 2. The van der Waals surface area contributed by atoms with Gasteiger partial charge in [-0.15, -0.1) is 0 Å². The average Bonchev–Trinajstić information content (AvgIpc) is 2.77. The molecule has 2 amide bonds. The summed E-state index contributed by atoms with van der Waals surface area (Å²) in [7, 11) is 3.43. The van der Waals surface area contributed by atoms with Gasteiger partial charge in [-0.05, 0) is 0 Å². The van der Waals surface area contributed by atoms with Crippen LogP contribution in [0.25, 0.3) is 0 Å². The molecule has 2 aliphatic heterocycles. The van der Waals surface area contributed by atoms with E-state index in [1.54, 1.807) is 18.7 Å². The molecule has 8 heteroatoms. The van der Waals surface area contributed by atoms with E-state index < -0.39 is 0 Å². The maximum Gasteiger partial charge on any atom is 0.272 e. The molecular weight excluding hydrogens is 262 g/mol. The summed E-state index contributed by atoms with van der Waals surface area (Å²) in [5, 5.41) is 2.60. The highest BCUT2D eigenvalue weighted by molar-refractivity contribution is 6.08. The molecule has 3 heterocycles. The minimum atomic E-state index is -0.271. The molecule has 0 unspecified atom stereocenters. The standard InChI is InChI=1S/C12H17N5O3/c1-15-8(18)7-13-11(19)9-10(15)14-12(16(9)2)17-3-5-20-6-4-17/h3-7H2,1-2H3,(H,13,19). The van der Waals surface area contributed by atoms with Crippen molar-refractivity contribution >= 4 is 23.6 Å². The van der Waals surface area contributed by atoms with Gasteiger partial charge in [0.15, 0.2) is 11.5 Å². The fourth-order valence-corrected chi connectivity index (χ4v) is 2.48. The third-order valence-electron chi connectivity index (χ3n) is 3.65. The molecule has 1 saturated heterocycles. The monoisotopic (exact) mass is 279 g/mol. The fourth-order valence-electron chi connectivity index (χ4n) is 2.48. The Morgan fingerprint density at radius 1 is 1.20 bits per heavy atom. The molecule has 1 N–H and O–H groups in total. The van der Waals surface area contributed by atoms with Crippen LogP contribution in [0.5, 0.6) is 0 Å². The number of nitrogens with zero attached hydrogens (tertiary/aromatic N) is 4. The summed E-state index contributed by atoms with van der Waals surface area (Å²) >= 11 is 0. The Balaban J connectivity index is 2.05. The molecule has 0 aromatic carbocycles. The first-order valence-electron chi connectivity index (χ1n) is 6.53. The summed E-state index contributed by atoms with van der Waals surface area (Å²) in [5.74, 6) is 0.653. The molecule has 0 spiro atoms. The minimum absolute atomic E-state index is 0.00141. The summed E-state index contributed by atoms with van der Waals surface area (Å²) in [5.41, 5.74) is 0.417. The van der Waals surface area contributed by atoms with Gasteiger partial charge in [0.1, 0.15) is 0 Å². The number of likely N-dealkylation sites (N-methyl/N-ethyl adjacent to an activating group) is 1. The van der Waals surface area contributed by atoms with Crippen molar-refractivity contribution in [1.29, 1.82) is 0 Å². The molecule has 0 radical (unpaired) electrons. The van der Waals surface area contributed by atoms with Crippen LogP contribution in [-0.2, 0) is 16.6 Å². The van der Waals surface area contributed by atoms with Crippen molar-refractivity contribution in [3.63, 3.8) is 0 Å². The highest BCUT2D eigenvalue weighted by atomic mass is 16.5. The predicted octanol–water partition coefficient (Wildman–Crippen LogP) is -1.04. The van der Waals surface area contributed by atoms with Crippen LogP contribution in [0.4, 0.5) is 11.8 Å². The third-order valence-corrected chi connectivity index (χ3v) is 3.65. The summed E-state index contributed by atoms with van der Waals surface area (Å²) in [6.45, 7) is 2.72. The number of fused-ring (bicyclic) bond motifs is 1. The van der Waals surface area contributed by atoms with Crippen molar-refractivity contribution in [2.24, 2.45) is 7.05 Å². The maximum absolute atomic E-state index is 12.1. The van der Waals surface area contributed by atoms with Crippen molar-refractivity contribution < 1.29 is 14.3 Å². The van der Waals surface area contributed by atoms with Crippen molar-refractivity contribution in [1.82, 2.24) is 14.9 Å². The van der Waals surface area contributed by atoms with Crippen LogP contribution in [0.3, 0.4) is 0 Å². The van der Waals surface area contributed by atoms with Gasteiger partial charge >= 0.3 is 0 Å². The Bertz CT molecular complexity index is 562. The van der Waals surface area contributed by atoms with E-state index in [-0.39, 0.29) is 18.4 Å². The second-order valence-electron chi connectivity index (χ2n) is 4.88. The number of hydrogen-bond acceptors (Lipinski definition) is 5. The van der Waals surface area contributed by atoms with Gasteiger partial charge < -0.3 is 19.5 Å². The van der Waals surface area contributed by atoms with Crippen molar-refractivity contribution in [2.45, 2.75) is 0 Å². The van der Waals surface area contributed by atoms with Gasteiger partial charge in [0.2, 0.25) is 11.9 Å². The average molecular weight is 279 g/mol. The quantitative estimate of drug-likeness (QED) is 0.710. The molecular formula is C12H17N5O3. The number of nitrogens with one attached hydrogen (secondary N) is 1. The fraction of sp³-hybridized carbons (Fsp3) is 0.583. The molecule has 1 aromatic heterocycles. The van der Waals surface area contributed by atoms with Crippen molar-refractivity contribution in [2.75, 3.05) is 49.7 Å². The second kappa shape index (κ2) is 4.78. The van der Waals surface area contributed by atoms with E-state index in [0.29, 0.717) is 30.7 Å². The number of amides is 2. The number of rotatable bonds is 1. The van der Waals surface area contributed by atoms with E-state index >= 15 is 0 Å². The van der Waals surface area contributed by atoms with Crippen LogP contribution in [0, 0.1) is 0 Å². The zero-order chi connectivity index (χ0) is 14.3. The lowest BCUT2D eigenvalue weighted by atomic mass is 10.4. The number of carbonyl (C=O) groups excluding carboxylic acids is 2. The number of hydrogen-bond donors (Lipinski definition) is 1. The molecule has 0 bridgehead atoms. The van der Waals surface area contributed by atoms with E-state index in [9.17, 15) is 9.59 Å². The lowest BCUT2D eigenvalue weighted by Gasteiger charge is -2.27. The van der Waals surface area contributed by atoms with Crippen LogP contribution < -0.4 is 15.1 Å². The van der Waals surface area contributed by atoms with Gasteiger partial charge in [0.25, 0.3) is 5.91 Å². The number of carbonyl (C=O) groups is 2. The van der Waals surface area contributed by atoms with Crippen molar-refractivity contribution in [3.8, 4) is 0 Å². The zero-order valence-electron chi connectivity index (χ0n) is 11.5. The molecule has 20 heavy (non-hydrogen) atoms. The molecule has 8 nitrogen and oxygen atoms in total. The van der Waals surface area contributed by atoms with E-state index in [1.165, 1.54) is 4.90 Å². The maximum atomic E-state index is 12.1.